The molecule has 8 nitrogen and oxygen atoms in total. The van der Waals surface area contributed by atoms with Crippen LogP contribution < -0.4 is 15.8 Å². The van der Waals surface area contributed by atoms with E-state index in [1.54, 1.807) is 29.0 Å². The van der Waals surface area contributed by atoms with E-state index in [1.165, 1.54) is 17.1 Å². The summed E-state index contributed by atoms with van der Waals surface area (Å²) in [4.78, 5) is 23.9. The van der Waals surface area contributed by atoms with Gasteiger partial charge in [0.15, 0.2) is 5.65 Å². The van der Waals surface area contributed by atoms with E-state index >= 15 is 0 Å². The van der Waals surface area contributed by atoms with Gasteiger partial charge < -0.3 is 4.90 Å². The number of hydrazine groups is 1. The van der Waals surface area contributed by atoms with Crippen LogP contribution in [0.2, 0.25) is 0 Å². The Hall–Kier alpha value is -4.05. The second-order valence-corrected chi connectivity index (χ2v) is 9.96. The topological polar surface area (TPSA) is 88.0 Å². The number of piperidine rings is 1. The van der Waals surface area contributed by atoms with Crippen molar-refractivity contribution in [1.82, 2.24) is 25.2 Å². The van der Waals surface area contributed by atoms with Crippen LogP contribution >= 0.6 is 11.3 Å². The van der Waals surface area contributed by atoms with Crippen LogP contribution in [0.5, 0.6) is 0 Å². The van der Waals surface area contributed by atoms with Gasteiger partial charge in [-0.25, -0.2) is 19.0 Å². The van der Waals surface area contributed by atoms with E-state index in [0.717, 1.165) is 41.7 Å². The molecule has 6 rings (SSSR count). The summed E-state index contributed by atoms with van der Waals surface area (Å²) in [5.41, 5.74) is 8.49. The van der Waals surface area contributed by atoms with Gasteiger partial charge in [0.1, 0.15) is 18.0 Å². The van der Waals surface area contributed by atoms with E-state index in [-0.39, 0.29) is 17.6 Å². The molecule has 36 heavy (non-hydrogen) atoms. The summed E-state index contributed by atoms with van der Waals surface area (Å²) in [6, 6.07) is 13.1. The molecule has 4 heterocycles. The van der Waals surface area contributed by atoms with Crippen LogP contribution in [-0.4, -0.2) is 38.7 Å². The SMILES string of the molecule is Cc1ccc(-n2cc3c(N4CCC[C@H](C(=O)NNc5ccc6sccc6c5)C4)ncnc3n2)cc1F. The van der Waals surface area contributed by atoms with Gasteiger partial charge in [0.2, 0.25) is 5.91 Å². The maximum Gasteiger partial charge on any atom is 0.243 e. The summed E-state index contributed by atoms with van der Waals surface area (Å²) in [7, 11) is 0. The highest BCUT2D eigenvalue weighted by Crippen LogP contribution is 2.28. The van der Waals surface area contributed by atoms with Crippen LogP contribution in [0.1, 0.15) is 18.4 Å². The molecule has 0 aliphatic carbocycles. The molecule has 10 heteroatoms. The van der Waals surface area contributed by atoms with Gasteiger partial charge >= 0.3 is 0 Å². The van der Waals surface area contributed by atoms with Crippen molar-refractivity contribution in [3.8, 4) is 5.69 Å². The number of thiophene rings is 1. The predicted molar refractivity (Wildman–Crippen MR) is 140 cm³/mol. The monoisotopic (exact) mass is 501 g/mol. The highest BCUT2D eigenvalue weighted by Gasteiger charge is 2.28. The molecular formula is C26H24FN7OS. The molecule has 0 spiro atoms. The summed E-state index contributed by atoms with van der Waals surface area (Å²) < 4.78 is 16.9. The van der Waals surface area contributed by atoms with Crippen LogP contribution in [0, 0.1) is 18.7 Å². The number of fused-ring (bicyclic) bond motifs is 2. The Kier molecular flexibility index (Phi) is 5.73. The zero-order valence-corrected chi connectivity index (χ0v) is 20.4. The molecule has 182 valence electrons. The second kappa shape index (κ2) is 9.19. The molecule has 1 aliphatic heterocycles. The minimum atomic E-state index is -0.285. The quantitative estimate of drug-likeness (QED) is 0.335. The van der Waals surface area contributed by atoms with Crippen molar-refractivity contribution in [2.75, 3.05) is 23.4 Å². The Morgan fingerprint density at radius 1 is 1.17 bits per heavy atom. The van der Waals surface area contributed by atoms with E-state index in [9.17, 15) is 9.18 Å². The second-order valence-electron chi connectivity index (χ2n) is 9.01. The van der Waals surface area contributed by atoms with Gasteiger partial charge in [-0.3, -0.25) is 15.6 Å². The maximum atomic E-state index is 14.1. The van der Waals surface area contributed by atoms with Gasteiger partial charge in [-0.15, -0.1) is 16.4 Å². The van der Waals surface area contributed by atoms with Gasteiger partial charge in [0.25, 0.3) is 0 Å². The van der Waals surface area contributed by atoms with Gasteiger partial charge in [0.05, 0.1) is 22.7 Å². The summed E-state index contributed by atoms with van der Waals surface area (Å²) in [6.45, 7) is 3.04. The largest absolute Gasteiger partial charge is 0.355 e. The minimum Gasteiger partial charge on any atom is -0.355 e. The standard InChI is InChI=1S/C26H24FN7OS/c1-16-4-6-20(12-22(16)27)34-14-21-24(32-34)28-15-29-25(21)33-9-2-3-18(13-33)26(35)31-30-19-5-7-23-17(11-19)8-10-36-23/h4-8,10-12,14-15,18,30H,2-3,9,13H2,1H3,(H,31,35)/t18-/m0/s1. The first-order valence-electron chi connectivity index (χ1n) is 11.8. The molecule has 1 fully saturated rings. The molecule has 2 N–H and O–H groups in total. The Labute approximate surface area is 210 Å². The minimum absolute atomic E-state index is 0.0544. The number of benzene rings is 2. The summed E-state index contributed by atoms with van der Waals surface area (Å²) in [5.74, 6) is 0.197. The summed E-state index contributed by atoms with van der Waals surface area (Å²) in [6.07, 6.45) is 4.96. The van der Waals surface area contributed by atoms with E-state index < -0.39 is 0 Å². The number of carbonyl (C=O) groups excluding carboxylic acids is 1. The molecule has 3 aromatic heterocycles. The number of aryl methyl sites for hydroxylation is 1. The molecule has 1 amide bonds. The number of nitrogens with one attached hydrogen (secondary N) is 2. The molecule has 1 aliphatic rings. The fourth-order valence-corrected chi connectivity index (χ4v) is 5.37. The lowest BCUT2D eigenvalue weighted by atomic mass is 9.97. The van der Waals surface area contributed by atoms with Crippen LogP contribution in [-0.2, 0) is 4.79 Å². The van der Waals surface area contributed by atoms with Crippen molar-refractivity contribution in [3.05, 3.63) is 71.7 Å². The van der Waals surface area contributed by atoms with Crippen molar-refractivity contribution in [1.29, 1.82) is 0 Å². The number of carbonyl (C=O) groups is 1. The van der Waals surface area contributed by atoms with E-state index in [0.29, 0.717) is 23.4 Å². The average Bonchev–Trinajstić information content (AvgIpc) is 3.55. The highest BCUT2D eigenvalue weighted by molar-refractivity contribution is 7.17. The third kappa shape index (κ3) is 4.24. The van der Waals surface area contributed by atoms with E-state index in [1.807, 2.05) is 30.5 Å². The number of hydrogen-bond donors (Lipinski definition) is 2. The van der Waals surface area contributed by atoms with Crippen LogP contribution in [0.3, 0.4) is 0 Å². The number of amides is 1. The van der Waals surface area contributed by atoms with Gasteiger partial charge in [-0.1, -0.05) is 6.07 Å². The lowest BCUT2D eigenvalue weighted by molar-refractivity contribution is -0.124. The zero-order valence-electron chi connectivity index (χ0n) is 19.6. The molecule has 5 aromatic rings. The Morgan fingerprint density at radius 2 is 2.08 bits per heavy atom. The Bertz CT molecular complexity index is 1580. The summed E-state index contributed by atoms with van der Waals surface area (Å²) in [5, 5.41) is 8.49. The molecule has 0 bridgehead atoms. The number of rotatable bonds is 5. The number of hydrogen-bond acceptors (Lipinski definition) is 7. The first kappa shape index (κ1) is 22.4. The Morgan fingerprint density at radius 3 is 2.97 bits per heavy atom. The normalized spacial score (nSPS) is 15.9. The fraction of sp³-hybridized carbons (Fsp3) is 0.231. The van der Waals surface area contributed by atoms with Crippen molar-refractivity contribution in [2.24, 2.45) is 5.92 Å². The lowest BCUT2D eigenvalue weighted by Gasteiger charge is -2.33. The third-order valence-corrected chi connectivity index (χ3v) is 7.49. The van der Waals surface area contributed by atoms with Gasteiger partial charge in [0, 0.05) is 24.0 Å². The van der Waals surface area contributed by atoms with Crippen molar-refractivity contribution < 1.29 is 9.18 Å². The number of anilines is 2. The first-order valence-corrected chi connectivity index (χ1v) is 12.7. The molecule has 1 atom stereocenters. The molecular weight excluding hydrogens is 477 g/mol. The molecule has 0 radical (unpaired) electrons. The first-order chi connectivity index (χ1) is 17.5. The number of aromatic nitrogens is 4. The molecule has 2 aromatic carbocycles. The highest BCUT2D eigenvalue weighted by atomic mass is 32.1. The average molecular weight is 502 g/mol. The van der Waals surface area contributed by atoms with Crippen LogP contribution in [0.25, 0.3) is 26.8 Å². The zero-order chi connectivity index (χ0) is 24.6. The number of nitrogens with zero attached hydrogens (tertiary/aromatic N) is 5. The smallest absolute Gasteiger partial charge is 0.243 e. The third-order valence-electron chi connectivity index (χ3n) is 6.59. The Balaban J connectivity index is 1.19. The van der Waals surface area contributed by atoms with Crippen LogP contribution in [0.15, 0.2) is 60.4 Å². The lowest BCUT2D eigenvalue weighted by Crippen LogP contribution is -2.44. The van der Waals surface area contributed by atoms with Crippen molar-refractivity contribution >= 4 is 49.9 Å². The van der Waals surface area contributed by atoms with E-state index in [2.05, 4.69) is 42.3 Å². The van der Waals surface area contributed by atoms with Crippen LogP contribution in [0.4, 0.5) is 15.9 Å². The van der Waals surface area contributed by atoms with Gasteiger partial charge in [-0.2, -0.15) is 0 Å². The maximum absolute atomic E-state index is 14.1. The van der Waals surface area contributed by atoms with Gasteiger partial charge in [-0.05, 0) is 72.5 Å². The van der Waals surface area contributed by atoms with E-state index in [4.69, 9.17) is 0 Å². The van der Waals surface area contributed by atoms with Crippen molar-refractivity contribution in [2.45, 2.75) is 19.8 Å². The number of halogens is 1. The summed E-state index contributed by atoms with van der Waals surface area (Å²) >= 11 is 1.69. The van der Waals surface area contributed by atoms with Crippen molar-refractivity contribution in [3.63, 3.8) is 0 Å². The fourth-order valence-electron chi connectivity index (χ4n) is 4.60. The molecule has 1 saturated heterocycles. The molecule has 0 unspecified atom stereocenters. The predicted octanol–water partition coefficient (Wildman–Crippen LogP) is 4.84. The molecule has 0 saturated carbocycles.